The topological polar surface area (TPSA) is 109 Å². The molecule has 0 aliphatic carbocycles. The first-order chi connectivity index (χ1) is 17.7. The van der Waals surface area contributed by atoms with Crippen LogP contribution >= 0.6 is 0 Å². The molecule has 0 spiro atoms. The maximum absolute atomic E-state index is 12.9. The molecule has 2 heterocycles. The van der Waals surface area contributed by atoms with Crippen LogP contribution < -0.4 is 14.8 Å². The molecule has 4 rings (SSSR count). The molecule has 3 aromatic rings. The van der Waals surface area contributed by atoms with Crippen molar-refractivity contribution in [2.24, 2.45) is 11.0 Å². The van der Waals surface area contributed by atoms with Crippen LogP contribution in [0.25, 0.3) is 0 Å². The normalized spacial score (nSPS) is 15.8. The van der Waals surface area contributed by atoms with Gasteiger partial charge in [0, 0.05) is 23.6 Å². The third-order valence-corrected chi connectivity index (χ3v) is 5.79. The average Bonchev–Trinajstić information content (AvgIpc) is 3.40. The maximum Gasteiger partial charge on any atom is 0.573 e. The number of alkyl halides is 3. The number of methoxy groups -OCH3 is 1. The molecule has 2 N–H and O–H groups in total. The lowest BCUT2D eigenvalue weighted by atomic mass is 9.89. The zero-order chi connectivity index (χ0) is 26.6. The van der Waals surface area contributed by atoms with Crippen molar-refractivity contribution in [3.05, 3.63) is 71.8 Å². The Bertz CT molecular complexity index is 1290. The molecule has 37 heavy (non-hydrogen) atoms. The number of hydrogen-bond donors (Lipinski definition) is 2. The Morgan fingerprint density at radius 2 is 1.95 bits per heavy atom. The summed E-state index contributed by atoms with van der Waals surface area (Å²) < 4.78 is 47.9. The molecule has 1 unspecified atom stereocenters. The van der Waals surface area contributed by atoms with Crippen molar-refractivity contribution in [3.8, 4) is 11.5 Å². The fourth-order valence-corrected chi connectivity index (χ4v) is 3.92. The van der Waals surface area contributed by atoms with E-state index in [2.05, 4.69) is 25.1 Å². The predicted octanol–water partition coefficient (Wildman–Crippen LogP) is 4.73. The lowest BCUT2D eigenvalue weighted by Crippen LogP contribution is -2.36. The molecule has 0 fully saturated rings. The van der Waals surface area contributed by atoms with E-state index in [1.807, 2.05) is 6.92 Å². The number of nitrogens with one attached hydrogen (secondary N) is 2. The van der Waals surface area contributed by atoms with Crippen LogP contribution in [0.3, 0.4) is 0 Å². The first kappa shape index (κ1) is 25.7. The lowest BCUT2D eigenvalue weighted by molar-refractivity contribution is -0.275. The minimum atomic E-state index is -4.89. The molecule has 1 aliphatic heterocycles. The smallest absolute Gasteiger partial charge is 0.493 e. The minimum Gasteiger partial charge on any atom is -0.493 e. The summed E-state index contributed by atoms with van der Waals surface area (Å²) in [5.41, 5.74) is 2.51. The number of hydrogen-bond acceptors (Lipinski definition) is 6. The van der Waals surface area contributed by atoms with Crippen molar-refractivity contribution in [2.75, 3.05) is 12.4 Å². The van der Waals surface area contributed by atoms with E-state index in [1.165, 1.54) is 36.8 Å². The number of aromatic amines is 1. The number of ether oxygens (including phenoxy) is 2. The van der Waals surface area contributed by atoms with Gasteiger partial charge in [0.1, 0.15) is 5.69 Å². The van der Waals surface area contributed by atoms with E-state index in [0.717, 1.165) is 5.56 Å². The van der Waals surface area contributed by atoms with E-state index in [0.29, 0.717) is 29.1 Å². The highest BCUT2D eigenvalue weighted by Crippen LogP contribution is 2.35. The highest BCUT2D eigenvalue weighted by atomic mass is 19.4. The quantitative estimate of drug-likeness (QED) is 0.451. The highest BCUT2D eigenvalue weighted by molar-refractivity contribution is 6.06. The van der Waals surface area contributed by atoms with Crippen molar-refractivity contribution in [3.63, 3.8) is 0 Å². The molecule has 0 radical (unpaired) electrons. The average molecular weight is 515 g/mol. The van der Waals surface area contributed by atoms with Crippen LogP contribution in [0.4, 0.5) is 18.9 Å². The van der Waals surface area contributed by atoms with Crippen molar-refractivity contribution < 1.29 is 32.2 Å². The van der Waals surface area contributed by atoms with Crippen LogP contribution in [0.1, 0.15) is 41.4 Å². The van der Waals surface area contributed by atoms with Gasteiger partial charge in [0.05, 0.1) is 31.9 Å². The van der Waals surface area contributed by atoms with Gasteiger partial charge in [0.25, 0.3) is 5.91 Å². The molecule has 2 amide bonds. The van der Waals surface area contributed by atoms with Gasteiger partial charge in [0.2, 0.25) is 5.91 Å². The Morgan fingerprint density at radius 3 is 2.57 bits per heavy atom. The number of nitrogens with zero attached hydrogens (tertiary/aromatic N) is 3. The van der Waals surface area contributed by atoms with E-state index in [1.54, 1.807) is 30.3 Å². The van der Waals surface area contributed by atoms with Crippen LogP contribution in [0.15, 0.2) is 60.1 Å². The molecule has 1 aliphatic rings. The third-order valence-electron chi connectivity index (χ3n) is 5.79. The predicted molar refractivity (Wildman–Crippen MR) is 128 cm³/mol. The Kier molecular flexibility index (Phi) is 7.46. The number of H-pyrrole nitrogens is 1. The lowest BCUT2D eigenvalue weighted by Gasteiger charge is -2.29. The van der Waals surface area contributed by atoms with Gasteiger partial charge in [-0.15, -0.1) is 13.2 Å². The number of halogens is 3. The molecule has 1 atom stereocenters. The van der Waals surface area contributed by atoms with Crippen LogP contribution in [-0.4, -0.2) is 46.0 Å². The number of rotatable bonds is 8. The van der Waals surface area contributed by atoms with Crippen LogP contribution in [0.2, 0.25) is 0 Å². The summed E-state index contributed by atoms with van der Waals surface area (Å²) in [6.07, 6.45) is -1.34. The molecule has 0 saturated carbocycles. The summed E-state index contributed by atoms with van der Waals surface area (Å²) in [6.45, 7) is 2.03. The molecule has 9 nitrogen and oxygen atoms in total. The van der Waals surface area contributed by atoms with E-state index in [9.17, 15) is 22.8 Å². The Morgan fingerprint density at radius 1 is 1.19 bits per heavy atom. The van der Waals surface area contributed by atoms with Gasteiger partial charge in [-0.05, 0) is 42.3 Å². The van der Waals surface area contributed by atoms with Gasteiger partial charge in [-0.3, -0.25) is 9.59 Å². The summed E-state index contributed by atoms with van der Waals surface area (Å²) in [6, 6.07) is 11.1. The second-order valence-corrected chi connectivity index (χ2v) is 8.28. The molecule has 0 bridgehead atoms. The Hall–Kier alpha value is -4.35. The van der Waals surface area contributed by atoms with Crippen molar-refractivity contribution >= 4 is 23.2 Å². The SMILES string of the molecule is CCC1CC(=O)N(Cc2ccc(NC(=O)c3cnc[nH]3)cc2)N=C1c1ccc(OC)c(OC(F)(F)F)c1. The second-order valence-electron chi connectivity index (χ2n) is 8.28. The van der Waals surface area contributed by atoms with Gasteiger partial charge in [-0.25, -0.2) is 9.99 Å². The second kappa shape index (κ2) is 10.7. The van der Waals surface area contributed by atoms with Gasteiger partial charge >= 0.3 is 6.36 Å². The Balaban J connectivity index is 1.55. The van der Waals surface area contributed by atoms with Crippen molar-refractivity contribution in [1.82, 2.24) is 15.0 Å². The number of imidazole rings is 1. The fourth-order valence-electron chi connectivity index (χ4n) is 3.92. The van der Waals surface area contributed by atoms with Crippen LogP contribution in [0.5, 0.6) is 11.5 Å². The number of anilines is 1. The maximum atomic E-state index is 12.9. The van der Waals surface area contributed by atoms with E-state index >= 15 is 0 Å². The molecule has 12 heteroatoms. The van der Waals surface area contributed by atoms with E-state index in [4.69, 9.17) is 4.74 Å². The van der Waals surface area contributed by atoms with E-state index < -0.39 is 12.1 Å². The van der Waals surface area contributed by atoms with Crippen molar-refractivity contribution in [1.29, 1.82) is 0 Å². The third kappa shape index (κ3) is 6.26. The largest absolute Gasteiger partial charge is 0.573 e. The molecule has 2 aromatic carbocycles. The number of aromatic nitrogens is 2. The zero-order valence-corrected chi connectivity index (χ0v) is 20.0. The van der Waals surface area contributed by atoms with Gasteiger partial charge in [-0.1, -0.05) is 19.1 Å². The van der Waals surface area contributed by atoms with Crippen LogP contribution in [0, 0.1) is 5.92 Å². The zero-order valence-electron chi connectivity index (χ0n) is 20.0. The Labute approximate surface area is 210 Å². The molecular weight excluding hydrogens is 491 g/mol. The number of hydrazone groups is 1. The van der Waals surface area contributed by atoms with Crippen LogP contribution in [-0.2, 0) is 11.3 Å². The highest BCUT2D eigenvalue weighted by Gasteiger charge is 2.34. The minimum absolute atomic E-state index is 0.0711. The van der Waals surface area contributed by atoms with E-state index in [-0.39, 0.29) is 36.4 Å². The summed E-state index contributed by atoms with van der Waals surface area (Å²) >= 11 is 0. The van der Waals surface area contributed by atoms with Gasteiger partial charge < -0.3 is 19.8 Å². The number of benzene rings is 2. The summed E-state index contributed by atoms with van der Waals surface area (Å²) in [5, 5.41) is 8.56. The fraction of sp³-hybridized carbons (Fsp3) is 0.280. The molecule has 0 saturated heterocycles. The number of carbonyl (C=O) groups excluding carboxylic acids is 2. The monoisotopic (exact) mass is 515 g/mol. The number of carbonyl (C=O) groups is 2. The summed E-state index contributed by atoms with van der Waals surface area (Å²) in [4.78, 5) is 31.5. The van der Waals surface area contributed by atoms with Crippen molar-refractivity contribution in [2.45, 2.75) is 32.7 Å². The first-order valence-electron chi connectivity index (χ1n) is 11.4. The molecule has 1 aromatic heterocycles. The first-order valence-corrected chi connectivity index (χ1v) is 11.4. The number of amides is 2. The van der Waals surface area contributed by atoms with Gasteiger partial charge in [0.15, 0.2) is 11.5 Å². The molecule has 194 valence electrons. The summed E-state index contributed by atoms with van der Waals surface area (Å²) in [5.74, 6) is -1.37. The summed E-state index contributed by atoms with van der Waals surface area (Å²) in [7, 11) is 1.25. The standard InChI is InChI=1S/C25H24F3N5O4/c1-3-16-11-22(34)33(13-15-4-7-18(8-5-15)31-24(35)19-12-29-14-30-19)32-23(16)17-6-9-20(36-2)21(10-17)37-25(26,27)28/h4-10,12,14,16H,3,11,13H2,1-2H3,(H,29,30)(H,31,35). The van der Waals surface area contributed by atoms with Gasteiger partial charge in [-0.2, -0.15) is 5.10 Å². The molecular formula is C25H24F3N5O4.